The van der Waals surface area contributed by atoms with Crippen molar-refractivity contribution in [3.63, 3.8) is 0 Å². The Kier molecular flexibility index (Phi) is 7.35. The molecule has 0 atom stereocenters. The predicted molar refractivity (Wildman–Crippen MR) is 217 cm³/mol. The van der Waals surface area contributed by atoms with Gasteiger partial charge < -0.3 is 0 Å². The summed E-state index contributed by atoms with van der Waals surface area (Å²) in [5.74, 6) is 0. The van der Waals surface area contributed by atoms with Crippen molar-refractivity contribution in [2.45, 2.75) is 20.3 Å². The molecule has 0 N–H and O–H groups in total. The van der Waals surface area contributed by atoms with Crippen LogP contribution in [0.5, 0.6) is 0 Å². The van der Waals surface area contributed by atoms with E-state index in [1.807, 2.05) is 0 Å². The predicted octanol–water partition coefficient (Wildman–Crippen LogP) is 11.8. The van der Waals surface area contributed by atoms with E-state index >= 15 is 0 Å². The molecule has 0 saturated carbocycles. The van der Waals surface area contributed by atoms with Crippen LogP contribution in [0.25, 0.3) is 86.3 Å². The molecule has 10 rings (SSSR count). The SMILES string of the molecule is Cc1c(C)c(-c2ccccc2)c2c(c1-c1c(-c3ccccc3)nnnc1-c1c(-c3ccccc3)ccc3[se]c4ccccc4c13)Cc1ccccc1-2. The second-order valence-corrected chi connectivity index (χ2v) is 15.9. The first kappa shape index (κ1) is 30.9. The molecule has 0 radical (unpaired) electrons. The quantitative estimate of drug-likeness (QED) is 0.166. The number of nitrogens with zero attached hydrogens (tertiary/aromatic N) is 3. The topological polar surface area (TPSA) is 38.7 Å². The molecule has 0 fully saturated rings. The van der Waals surface area contributed by atoms with Gasteiger partial charge in [-0.25, -0.2) is 0 Å². The van der Waals surface area contributed by atoms with Crippen LogP contribution >= 0.6 is 0 Å². The van der Waals surface area contributed by atoms with Gasteiger partial charge in [0, 0.05) is 0 Å². The van der Waals surface area contributed by atoms with Crippen molar-refractivity contribution >= 4 is 33.8 Å². The van der Waals surface area contributed by atoms with Crippen LogP contribution in [-0.4, -0.2) is 29.9 Å². The maximum absolute atomic E-state index is 5.12. The van der Waals surface area contributed by atoms with Crippen LogP contribution in [0.1, 0.15) is 22.3 Å². The zero-order valence-electron chi connectivity index (χ0n) is 28.9. The molecule has 2 heterocycles. The van der Waals surface area contributed by atoms with Crippen LogP contribution in [0.2, 0.25) is 0 Å². The average Bonchev–Trinajstić information content (AvgIpc) is 3.78. The number of hydrogen-bond acceptors (Lipinski definition) is 3. The first-order valence-corrected chi connectivity index (χ1v) is 19.5. The third-order valence-electron chi connectivity index (χ3n) is 10.8. The van der Waals surface area contributed by atoms with E-state index in [9.17, 15) is 0 Å². The van der Waals surface area contributed by atoms with Gasteiger partial charge in [0.15, 0.2) is 0 Å². The Morgan fingerprint density at radius 3 is 1.83 bits per heavy atom. The fourth-order valence-electron chi connectivity index (χ4n) is 8.41. The molecule has 9 aromatic rings. The second kappa shape index (κ2) is 12.4. The molecule has 1 aliphatic carbocycles. The number of aromatic nitrogens is 3. The summed E-state index contributed by atoms with van der Waals surface area (Å²) in [6.07, 6.45) is 0.835. The molecular weight excluding hydrogens is 698 g/mol. The van der Waals surface area contributed by atoms with E-state index in [-0.39, 0.29) is 14.5 Å². The van der Waals surface area contributed by atoms with Crippen molar-refractivity contribution in [3.05, 3.63) is 174 Å². The van der Waals surface area contributed by atoms with Crippen LogP contribution in [0.15, 0.2) is 152 Å². The zero-order valence-corrected chi connectivity index (χ0v) is 30.6. The molecule has 1 aliphatic rings. The Balaban J connectivity index is 1.40. The molecule has 0 saturated heterocycles. The summed E-state index contributed by atoms with van der Waals surface area (Å²) in [4.78, 5) is 0. The van der Waals surface area contributed by atoms with Crippen LogP contribution in [-0.2, 0) is 6.42 Å². The summed E-state index contributed by atoms with van der Waals surface area (Å²) >= 11 is 0.186. The molecule has 0 unspecified atom stereocenters. The molecule has 0 amide bonds. The Morgan fingerprint density at radius 2 is 1.06 bits per heavy atom. The Bertz CT molecular complexity index is 2820. The van der Waals surface area contributed by atoms with E-state index in [1.165, 1.54) is 69.4 Å². The van der Waals surface area contributed by atoms with E-state index in [2.05, 4.69) is 171 Å². The van der Waals surface area contributed by atoms with E-state index in [4.69, 9.17) is 10.2 Å². The number of benzene rings is 7. The van der Waals surface area contributed by atoms with Gasteiger partial charge in [-0.15, -0.1) is 0 Å². The fourth-order valence-corrected chi connectivity index (χ4v) is 10.7. The standard InChI is InChI=1S/C48H33N3Se/c1-29-30(2)42(38-28-34-22-12-13-23-35(34)43(38)41(29)32-18-8-4-9-19-32)46-47(33-20-10-5-11-21-33)49-51-50-48(46)45-36(31-16-6-3-7-17-31)26-27-40-44(45)37-24-14-15-25-39(37)52-40/h3-27H,28H2,1-2H3. The summed E-state index contributed by atoms with van der Waals surface area (Å²) in [6.45, 7) is 4.59. The normalized spacial score (nSPS) is 12.0. The monoisotopic (exact) mass is 731 g/mol. The van der Waals surface area contributed by atoms with Crippen LogP contribution in [0.4, 0.5) is 0 Å². The zero-order chi connectivity index (χ0) is 34.8. The van der Waals surface area contributed by atoms with Gasteiger partial charge in [0.05, 0.1) is 0 Å². The maximum atomic E-state index is 5.12. The van der Waals surface area contributed by atoms with Gasteiger partial charge in [-0.05, 0) is 0 Å². The van der Waals surface area contributed by atoms with Crippen molar-refractivity contribution in [1.82, 2.24) is 15.4 Å². The summed E-state index contributed by atoms with van der Waals surface area (Å²) in [5.41, 5.74) is 18.8. The molecule has 2 aromatic heterocycles. The Hall–Kier alpha value is -5.93. The van der Waals surface area contributed by atoms with Crippen molar-refractivity contribution in [3.8, 4) is 67.0 Å². The average molecular weight is 731 g/mol. The van der Waals surface area contributed by atoms with Gasteiger partial charge in [0.25, 0.3) is 0 Å². The number of rotatable bonds is 5. The first-order valence-electron chi connectivity index (χ1n) is 17.8. The molecule has 4 heteroatoms. The van der Waals surface area contributed by atoms with Crippen LogP contribution < -0.4 is 0 Å². The van der Waals surface area contributed by atoms with Crippen LogP contribution in [0.3, 0.4) is 0 Å². The van der Waals surface area contributed by atoms with Crippen molar-refractivity contribution in [2.75, 3.05) is 0 Å². The number of hydrogen-bond donors (Lipinski definition) is 0. The molecule has 0 bridgehead atoms. The van der Waals surface area contributed by atoms with E-state index in [1.54, 1.807) is 0 Å². The van der Waals surface area contributed by atoms with E-state index in [0.717, 1.165) is 45.6 Å². The van der Waals surface area contributed by atoms with Gasteiger partial charge in [0.2, 0.25) is 0 Å². The van der Waals surface area contributed by atoms with Crippen molar-refractivity contribution in [1.29, 1.82) is 0 Å². The molecule has 3 nitrogen and oxygen atoms in total. The van der Waals surface area contributed by atoms with Crippen molar-refractivity contribution in [2.24, 2.45) is 0 Å². The molecule has 52 heavy (non-hydrogen) atoms. The molecule has 246 valence electrons. The minimum atomic E-state index is 0.186. The second-order valence-electron chi connectivity index (χ2n) is 13.6. The summed E-state index contributed by atoms with van der Waals surface area (Å²) in [5, 5.41) is 17.2. The minimum absolute atomic E-state index is 0.186. The Labute approximate surface area is 309 Å². The number of fused-ring (bicyclic) bond motifs is 6. The van der Waals surface area contributed by atoms with Crippen LogP contribution in [0, 0.1) is 13.8 Å². The Morgan fingerprint density at radius 1 is 0.442 bits per heavy atom. The van der Waals surface area contributed by atoms with E-state index < -0.39 is 0 Å². The van der Waals surface area contributed by atoms with E-state index in [0.29, 0.717) is 0 Å². The first-order chi connectivity index (χ1) is 25.7. The molecular formula is C48H33N3Se. The summed E-state index contributed by atoms with van der Waals surface area (Å²) in [6, 6.07) is 54.7. The third-order valence-corrected chi connectivity index (χ3v) is 13.2. The van der Waals surface area contributed by atoms with Gasteiger partial charge in [-0.3, -0.25) is 0 Å². The molecule has 0 spiro atoms. The van der Waals surface area contributed by atoms with Crippen molar-refractivity contribution < 1.29 is 0 Å². The van der Waals surface area contributed by atoms with Gasteiger partial charge in [0.1, 0.15) is 0 Å². The van der Waals surface area contributed by atoms with Gasteiger partial charge in [-0.1, -0.05) is 6.07 Å². The summed E-state index contributed by atoms with van der Waals surface area (Å²) < 4.78 is 2.78. The third kappa shape index (κ3) is 4.76. The molecule has 7 aromatic carbocycles. The fraction of sp³-hybridized carbons (Fsp3) is 0.0625. The molecule has 0 aliphatic heterocycles. The van der Waals surface area contributed by atoms with Gasteiger partial charge >= 0.3 is 304 Å². The summed E-state index contributed by atoms with van der Waals surface area (Å²) in [7, 11) is 0. The van der Waals surface area contributed by atoms with Gasteiger partial charge in [-0.2, -0.15) is 0 Å².